The predicted molar refractivity (Wildman–Crippen MR) is 119 cm³/mol. The van der Waals surface area contributed by atoms with Crippen molar-refractivity contribution < 1.29 is 13.2 Å². The van der Waals surface area contributed by atoms with Crippen LogP contribution in [0, 0.1) is 5.92 Å². The third kappa shape index (κ3) is 4.46. The number of piperidine rings is 1. The molecule has 1 aromatic carbocycles. The highest BCUT2D eigenvalue weighted by Gasteiger charge is 2.32. The lowest BCUT2D eigenvalue weighted by Gasteiger charge is -2.32. The summed E-state index contributed by atoms with van der Waals surface area (Å²) >= 11 is 0. The van der Waals surface area contributed by atoms with Crippen LogP contribution in [0.2, 0.25) is 0 Å². The first-order chi connectivity index (χ1) is 14.9. The van der Waals surface area contributed by atoms with E-state index >= 15 is 0 Å². The van der Waals surface area contributed by atoms with E-state index in [1.54, 1.807) is 12.4 Å². The van der Waals surface area contributed by atoms with Gasteiger partial charge >= 0.3 is 0 Å². The second-order valence-corrected chi connectivity index (χ2v) is 9.97. The Morgan fingerprint density at radius 2 is 1.90 bits per heavy atom. The minimum atomic E-state index is -3.45. The predicted octanol–water partition coefficient (Wildman–Crippen LogP) is 1.94. The topological polar surface area (TPSA) is 100 Å². The van der Waals surface area contributed by atoms with Crippen molar-refractivity contribution in [3.63, 3.8) is 0 Å². The van der Waals surface area contributed by atoms with Crippen LogP contribution in [0.5, 0.6) is 0 Å². The summed E-state index contributed by atoms with van der Waals surface area (Å²) in [6, 6.07) is 11.6. The minimum absolute atomic E-state index is 0.135. The van der Waals surface area contributed by atoms with Gasteiger partial charge in [-0.2, -0.15) is 17.0 Å². The molecule has 1 N–H and O–H groups in total. The van der Waals surface area contributed by atoms with Crippen LogP contribution in [0.4, 0.5) is 5.95 Å². The summed E-state index contributed by atoms with van der Waals surface area (Å²) in [6.07, 6.45) is 4.46. The molecule has 1 saturated heterocycles. The molecule has 0 radical (unpaired) electrons. The summed E-state index contributed by atoms with van der Waals surface area (Å²) in [7, 11) is -0.425. The van der Waals surface area contributed by atoms with Gasteiger partial charge in [0.2, 0.25) is 11.9 Å². The van der Waals surface area contributed by atoms with Crippen LogP contribution in [0.25, 0.3) is 11.0 Å². The molecule has 0 aliphatic carbocycles. The van der Waals surface area contributed by atoms with E-state index in [1.165, 1.54) is 22.7 Å². The summed E-state index contributed by atoms with van der Waals surface area (Å²) in [5.74, 6) is 0.0864. The molecule has 4 rings (SSSR count). The van der Waals surface area contributed by atoms with Crippen molar-refractivity contribution in [1.82, 2.24) is 23.1 Å². The highest BCUT2D eigenvalue weighted by molar-refractivity contribution is 7.86. The number of rotatable bonds is 6. The van der Waals surface area contributed by atoms with E-state index in [4.69, 9.17) is 0 Å². The molecule has 2 aromatic heterocycles. The SMILES string of the molecule is CN(C)S(=O)(=O)N1CCC(C(=O)Nc2nc3ccccc3n2Cc2cccnc2)CC1. The molecule has 1 aliphatic rings. The summed E-state index contributed by atoms with van der Waals surface area (Å²) < 4.78 is 29.2. The van der Waals surface area contributed by atoms with Gasteiger partial charge in [-0.25, -0.2) is 4.98 Å². The number of fused-ring (bicyclic) bond motifs is 1. The fraction of sp³-hybridized carbons (Fsp3) is 0.381. The molecule has 0 atom stereocenters. The van der Waals surface area contributed by atoms with Crippen molar-refractivity contribution >= 4 is 33.1 Å². The first kappa shape index (κ1) is 21.4. The van der Waals surface area contributed by atoms with Gasteiger partial charge in [0.15, 0.2) is 0 Å². The van der Waals surface area contributed by atoms with Crippen LogP contribution in [-0.4, -0.2) is 64.7 Å². The number of para-hydroxylation sites is 2. The summed E-state index contributed by atoms with van der Waals surface area (Å²) in [5, 5.41) is 2.98. The molecular weight excluding hydrogens is 416 g/mol. The number of hydrogen-bond donors (Lipinski definition) is 1. The van der Waals surface area contributed by atoms with Gasteiger partial charge in [0.05, 0.1) is 17.6 Å². The van der Waals surface area contributed by atoms with Crippen molar-refractivity contribution in [3.8, 4) is 0 Å². The number of hydrogen-bond acceptors (Lipinski definition) is 5. The smallest absolute Gasteiger partial charge is 0.281 e. The van der Waals surface area contributed by atoms with Crippen LogP contribution in [0.3, 0.4) is 0 Å². The Morgan fingerprint density at radius 3 is 2.58 bits per heavy atom. The lowest BCUT2D eigenvalue weighted by molar-refractivity contribution is -0.121. The van der Waals surface area contributed by atoms with Crippen molar-refractivity contribution in [2.75, 3.05) is 32.5 Å². The molecule has 3 heterocycles. The van der Waals surface area contributed by atoms with Crippen molar-refractivity contribution in [1.29, 1.82) is 0 Å². The molecule has 1 aliphatic heterocycles. The molecule has 9 nitrogen and oxygen atoms in total. The Kier molecular flexibility index (Phi) is 6.03. The van der Waals surface area contributed by atoms with Crippen LogP contribution in [-0.2, 0) is 21.5 Å². The van der Waals surface area contributed by atoms with Crippen molar-refractivity contribution in [2.24, 2.45) is 5.92 Å². The second-order valence-electron chi connectivity index (χ2n) is 7.82. The summed E-state index contributed by atoms with van der Waals surface area (Å²) in [4.78, 5) is 21.8. The number of carbonyl (C=O) groups excluding carboxylic acids is 1. The summed E-state index contributed by atoms with van der Waals surface area (Å²) in [5.41, 5.74) is 2.73. The molecule has 10 heteroatoms. The number of pyridine rings is 1. The first-order valence-electron chi connectivity index (χ1n) is 10.2. The molecule has 0 saturated carbocycles. The largest absolute Gasteiger partial charge is 0.305 e. The van der Waals surface area contributed by atoms with Gasteiger partial charge < -0.3 is 4.57 Å². The molecule has 0 spiro atoms. The number of amides is 1. The fourth-order valence-electron chi connectivity index (χ4n) is 3.80. The maximum Gasteiger partial charge on any atom is 0.281 e. The van der Waals surface area contributed by atoms with E-state index in [2.05, 4.69) is 15.3 Å². The standard InChI is InChI=1S/C21H26N6O3S/c1-25(2)31(29,30)26-12-9-17(10-13-26)20(28)24-21-23-18-7-3-4-8-19(18)27(21)15-16-6-5-11-22-14-16/h3-8,11,14,17H,9-10,12-13,15H2,1-2H3,(H,23,24,28). The maximum atomic E-state index is 13.0. The van der Waals surface area contributed by atoms with Crippen molar-refractivity contribution in [2.45, 2.75) is 19.4 Å². The van der Waals surface area contributed by atoms with E-state index in [0.717, 1.165) is 16.6 Å². The van der Waals surface area contributed by atoms with Crippen molar-refractivity contribution in [3.05, 3.63) is 54.4 Å². The Hall–Kier alpha value is -2.82. The van der Waals surface area contributed by atoms with Gasteiger partial charge in [-0.3, -0.25) is 15.1 Å². The van der Waals surface area contributed by atoms with Gasteiger partial charge in [-0.1, -0.05) is 18.2 Å². The lowest BCUT2D eigenvalue weighted by Crippen LogP contribution is -2.46. The van der Waals surface area contributed by atoms with Gasteiger partial charge in [0.1, 0.15) is 0 Å². The zero-order valence-corrected chi connectivity index (χ0v) is 18.4. The monoisotopic (exact) mass is 442 g/mol. The number of nitrogens with zero attached hydrogens (tertiary/aromatic N) is 5. The number of imidazole rings is 1. The van der Waals surface area contributed by atoms with Crippen LogP contribution in [0.15, 0.2) is 48.8 Å². The molecule has 1 amide bonds. The van der Waals surface area contributed by atoms with Crippen LogP contribution < -0.4 is 5.32 Å². The Labute approximate surface area is 181 Å². The molecule has 0 unspecified atom stereocenters. The van der Waals surface area contributed by atoms with Crippen LogP contribution >= 0.6 is 0 Å². The van der Waals surface area contributed by atoms with Gasteiger partial charge in [-0.15, -0.1) is 0 Å². The van der Waals surface area contributed by atoms with E-state index < -0.39 is 10.2 Å². The highest BCUT2D eigenvalue weighted by Crippen LogP contribution is 2.25. The maximum absolute atomic E-state index is 13.0. The molecule has 164 valence electrons. The number of nitrogens with one attached hydrogen (secondary N) is 1. The van der Waals surface area contributed by atoms with E-state index in [-0.39, 0.29) is 11.8 Å². The number of aromatic nitrogens is 3. The Morgan fingerprint density at radius 1 is 1.16 bits per heavy atom. The highest BCUT2D eigenvalue weighted by atomic mass is 32.2. The third-order valence-corrected chi connectivity index (χ3v) is 7.51. The molecule has 1 fully saturated rings. The Bertz CT molecular complexity index is 1170. The minimum Gasteiger partial charge on any atom is -0.305 e. The third-order valence-electron chi connectivity index (χ3n) is 5.57. The van der Waals surface area contributed by atoms with E-state index in [9.17, 15) is 13.2 Å². The Balaban J connectivity index is 1.51. The molecule has 3 aromatic rings. The van der Waals surface area contributed by atoms with E-state index in [0.29, 0.717) is 38.4 Å². The average molecular weight is 443 g/mol. The fourth-order valence-corrected chi connectivity index (χ4v) is 4.93. The van der Waals surface area contributed by atoms with Crippen LogP contribution in [0.1, 0.15) is 18.4 Å². The zero-order valence-electron chi connectivity index (χ0n) is 17.6. The number of benzene rings is 1. The van der Waals surface area contributed by atoms with Gasteiger partial charge in [0, 0.05) is 45.5 Å². The number of anilines is 1. The second kappa shape index (κ2) is 8.74. The molecule has 31 heavy (non-hydrogen) atoms. The normalized spacial score (nSPS) is 16.1. The lowest BCUT2D eigenvalue weighted by atomic mass is 9.97. The zero-order chi connectivity index (χ0) is 22.0. The molecule has 0 bridgehead atoms. The van der Waals surface area contributed by atoms with E-state index in [1.807, 2.05) is 41.0 Å². The van der Waals surface area contributed by atoms with Gasteiger partial charge in [-0.05, 0) is 36.6 Å². The average Bonchev–Trinajstić information content (AvgIpc) is 3.11. The quantitative estimate of drug-likeness (QED) is 0.629. The summed E-state index contributed by atoms with van der Waals surface area (Å²) in [6.45, 7) is 1.18. The van der Waals surface area contributed by atoms with Gasteiger partial charge in [0.25, 0.3) is 10.2 Å². The molecular formula is C21H26N6O3S. The number of carbonyl (C=O) groups is 1. The first-order valence-corrected chi connectivity index (χ1v) is 11.6.